The van der Waals surface area contributed by atoms with Crippen LogP contribution in [-0.4, -0.2) is 54.1 Å². The maximum atomic E-state index is 12.7. The third kappa shape index (κ3) is 3.15. The van der Waals surface area contributed by atoms with Gasteiger partial charge < -0.3 is 9.88 Å². The highest BCUT2D eigenvalue weighted by Crippen LogP contribution is 2.26. The molecule has 1 aliphatic rings. The van der Waals surface area contributed by atoms with Crippen LogP contribution >= 0.6 is 0 Å². The molecule has 1 fully saturated rings. The number of likely N-dealkylation sites (tertiary alicyclic amines) is 1. The van der Waals surface area contributed by atoms with Crippen molar-refractivity contribution >= 4 is 5.91 Å². The van der Waals surface area contributed by atoms with Crippen LogP contribution in [0.3, 0.4) is 0 Å². The lowest BCUT2D eigenvalue weighted by Crippen LogP contribution is -2.38. The van der Waals surface area contributed by atoms with Crippen molar-refractivity contribution in [2.24, 2.45) is 7.05 Å². The molecule has 1 amide bonds. The van der Waals surface area contributed by atoms with E-state index in [9.17, 15) is 4.79 Å². The van der Waals surface area contributed by atoms with Gasteiger partial charge in [0.05, 0.1) is 7.05 Å². The highest BCUT2D eigenvalue weighted by atomic mass is 16.2. The van der Waals surface area contributed by atoms with E-state index in [1.54, 1.807) is 13.2 Å². The van der Waals surface area contributed by atoms with Crippen LogP contribution < -0.4 is 0 Å². The Morgan fingerprint density at radius 2 is 1.96 bits per heavy atom. The number of benzene rings is 1. The number of rotatable bonds is 3. The van der Waals surface area contributed by atoms with Crippen molar-refractivity contribution < 1.29 is 4.79 Å². The number of hydrogen-bond acceptors (Lipinski definition) is 5. The number of piperidine rings is 1. The lowest BCUT2D eigenvalue weighted by Gasteiger charge is -2.31. The predicted molar refractivity (Wildman–Crippen MR) is 90.7 cm³/mol. The zero-order valence-corrected chi connectivity index (χ0v) is 14.0. The van der Waals surface area contributed by atoms with Gasteiger partial charge in [0.15, 0.2) is 0 Å². The molecule has 0 spiro atoms. The Morgan fingerprint density at radius 1 is 1.20 bits per heavy atom. The first kappa shape index (κ1) is 15.5. The average molecular weight is 337 g/mol. The van der Waals surface area contributed by atoms with Gasteiger partial charge in [-0.1, -0.05) is 12.1 Å². The van der Waals surface area contributed by atoms with Crippen LogP contribution in [0.4, 0.5) is 0 Å². The van der Waals surface area contributed by atoms with E-state index in [-0.39, 0.29) is 5.91 Å². The zero-order chi connectivity index (χ0) is 17.2. The standard InChI is InChI=1S/C17H19N7O/c1-23-21-16(20-22-23)12-2-4-14(5-3-12)17(25)24-10-6-13(7-11-24)15-18-8-9-19-15/h2-5,8-9,13H,6-7,10-11H2,1H3,(H,18,19). The molecule has 8 nitrogen and oxygen atoms in total. The second-order valence-electron chi connectivity index (χ2n) is 6.22. The number of hydrogen-bond donors (Lipinski definition) is 1. The summed E-state index contributed by atoms with van der Waals surface area (Å²) in [7, 11) is 1.72. The average Bonchev–Trinajstić information content (AvgIpc) is 3.33. The van der Waals surface area contributed by atoms with Crippen LogP contribution in [0.5, 0.6) is 0 Å². The van der Waals surface area contributed by atoms with Gasteiger partial charge in [0.25, 0.3) is 5.91 Å². The maximum Gasteiger partial charge on any atom is 0.253 e. The number of carbonyl (C=O) groups excluding carboxylic acids is 1. The minimum Gasteiger partial charge on any atom is -0.348 e. The molecule has 2 aromatic heterocycles. The predicted octanol–water partition coefficient (Wildman–Crippen LogP) is 1.62. The fourth-order valence-electron chi connectivity index (χ4n) is 3.20. The lowest BCUT2D eigenvalue weighted by atomic mass is 9.95. The molecule has 4 rings (SSSR count). The first-order valence-corrected chi connectivity index (χ1v) is 8.33. The second kappa shape index (κ2) is 6.46. The first-order chi connectivity index (χ1) is 12.2. The fraction of sp³-hybridized carbons (Fsp3) is 0.353. The van der Waals surface area contributed by atoms with E-state index < -0.39 is 0 Å². The van der Waals surface area contributed by atoms with E-state index in [0.717, 1.165) is 37.3 Å². The molecule has 3 heterocycles. The molecule has 0 saturated carbocycles. The Labute approximate surface area is 144 Å². The molecule has 0 atom stereocenters. The number of amides is 1. The highest BCUT2D eigenvalue weighted by Gasteiger charge is 2.25. The van der Waals surface area contributed by atoms with E-state index in [1.165, 1.54) is 4.80 Å². The van der Waals surface area contributed by atoms with Gasteiger partial charge in [0.2, 0.25) is 5.82 Å². The normalized spacial score (nSPS) is 15.5. The Morgan fingerprint density at radius 3 is 2.56 bits per heavy atom. The molecule has 1 aliphatic heterocycles. The van der Waals surface area contributed by atoms with Crippen LogP contribution in [0.15, 0.2) is 36.7 Å². The van der Waals surface area contributed by atoms with Crippen LogP contribution in [0.1, 0.15) is 34.9 Å². The summed E-state index contributed by atoms with van der Waals surface area (Å²) < 4.78 is 0. The summed E-state index contributed by atoms with van der Waals surface area (Å²) in [6.07, 6.45) is 5.49. The summed E-state index contributed by atoms with van der Waals surface area (Å²) in [4.78, 5) is 23.5. The highest BCUT2D eigenvalue weighted by molar-refractivity contribution is 5.94. The molecule has 3 aromatic rings. The van der Waals surface area contributed by atoms with Crippen molar-refractivity contribution in [3.05, 3.63) is 48.0 Å². The van der Waals surface area contributed by atoms with Crippen LogP contribution in [0.2, 0.25) is 0 Å². The van der Waals surface area contributed by atoms with E-state index in [4.69, 9.17) is 0 Å². The van der Waals surface area contributed by atoms with E-state index in [2.05, 4.69) is 25.4 Å². The van der Waals surface area contributed by atoms with Gasteiger partial charge in [-0.25, -0.2) is 4.98 Å². The molecule has 8 heteroatoms. The first-order valence-electron chi connectivity index (χ1n) is 8.33. The molecule has 25 heavy (non-hydrogen) atoms. The summed E-state index contributed by atoms with van der Waals surface area (Å²) in [5.74, 6) is 2.05. The van der Waals surface area contributed by atoms with Crippen molar-refractivity contribution in [2.75, 3.05) is 13.1 Å². The lowest BCUT2D eigenvalue weighted by molar-refractivity contribution is 0.0711. The van der Waals surface area contributed by atoms with Gasteiger partial charge in [-0.2, -0.15) is 4.80 Å². The maximum absolute atomic E-state index is 12.7. The summed E-state index contributed by atoms with van der Waals surface area (Å²) in [5, 5.41) is 12.0. The van der Waals surface area contributed by atoms with Gasteiger partial charge in [-0.05, 0) is 30.2 Å². The largest absolute Gasteiger partial charge is 0.348 e. The molecular weight excluding hydrogens is 318 g/mol. The Kier molecular flexibility index (Phi) is 4.01. The molecule has 128 valence electrons. The van der Waals surface area contributed by atoms with Crippen molar-refractivity contribution in [3.63, 3.8) is 0 Å². The molecule has 1 aromatic carbocycles. The number of aryl methyl sites for hydroxylation is 1. The Bertz CT molecular complexity index is 846. The molecule has 0 aliphatic carbocycles. The minimum atomic E-state index is 0.0662. The Balaban J connectivity index is 1.41. The Hall–Kier alpha value is -3.03. The summed E-state index contributed by atoms with van der Waals surface area (Å²) in [5.41, 5.74) is 1.53. The zero-order valence-electron chi connectivity index (χ0n) is 14.0. The number of H-pyrrole nitrogens is 1. The van der Waals surface area contributed by atoms with Crippen LogP contribution in [0, 0.1) is 0 Å². The quantitative estimate of drug-likeness (QED) is 0.784. The SMILES string of the molecule is Cn1nnc(-c2ccc(C(=O)N3CCC(c4ncc[nH]4)CC3)cc2)n1. The van der Waals surface area contributed by atoms with Gasteiger partial charge in [-0.15, -0.1) is 10.2 Å². The van der Waals surface area contributed by atoms with Gasteiger partial charge in [0, 0.05) is 42.5 Å². The summed E-state index contributed by atoms with van der Waals surface area (Å²) >= 11 is 0. The number of nitrogens with zero attached hydrogens (tertiary/aromatic N) is 6. The van der Waals surface area contributed by atoms with Gasteiger partial charge >= 0.3 is 0 Å². The minimum absolute atomic E-state index is 0.0662. The molecule has 0 bridgehead atoms. The molecular formula is C17H19N7O. The molecule has 1 saturated heterocycles. The number of tetrazole rings is 1. The third-order valence-corrected chi connectivity index (χ3v) is 4.59. The number of carbonyl (C=O) groups is 1. The number of aromatic nitrogens is 6. The second-order valence-corrected chi connectivity index (χ2v) is 6.22. The fourth-order valence-corrected chi connectivity index (χ4v) is 3.20. The molecule has 0 unspecified atom stereocenters. The molecule has 1 N–H and O–H groups in total. The van der Waals surface area contributed by atoms with E-state index in [1.807, 2.05) is 35.4 Å². The monoisotopic (exact) mass is 337 g/mol. The van der Waals surface area contributed by atoms with Gasteiger partial charge in [-0.3, -0.25) is 4.79 Å². The smallest absolute Gasteiger partial charge is 0.253 e. The molecule has 0 radical (unpaired) electrons. The van der Waals surface area contributed by atoms with Crippen LogP contribution in [0.25, 0.3) is 11.4 Å². The van der Waals surface area contributed by atoms with Crippen molar-refractivity contribution in [1.29, 1.82) is 0 Å². The number of aromatic amines is 1. The van der Waals surface area contributed by atoms with Crippen molar-refractivity contribution in [2.45, 2.75) is 18.8 Å². The third-order valence-electron chi connectivity index (χ3n) is 4.59. The summed E-state index contributed by atoms with van der Waals surface area (Å²) in [6.45, 7) is 1.50. The van der Waals surface area contributed by atoms with Crippen molar-refractivity contribution in [1.82, 2.24) is 35.1 Å². The van der Waals surface area contributed by atoms with Gasteiger partial charge in [0.1, 0.15) is 5.82 Å². The number of imidazole rings is 1. The van der Waals surface area contributed by atoms with Crippen molar-refractivity contribution in [3.8, 4) is 11.4 Å². The summed E-state index contributed by atoms with van der Waals surface area (Å²) in [6, 6.07) is 7.37. The topological polar surface area (TPSA) is 92.6 Å². The van der Waals surface area contributed by atoms with E-state index >= 15 is 0 Å². The van der Waals surface area contributed by atoms with E-state index in [0.29, 0.717) is 17.3 Å². The van der Waals surface area contributed by atoms with Crippen LogP contribution in [-0.2, 0) is 7.05 Å². The number of nitrogens with one attached hydrogen (secondary N) is 1.